The third kappa shape index (κ3) is 6.95. The third-order valence-corrected chi connectivity index (χ3v) is 7.74. The molecule has 0 aliphatic heterocycles. The Morgan fingerprint density at radius 3 is 2.23 bits per heavy atom. The predicted octanol–water partition coefficient (Wildman–Crippen LogP) is 8.46. The fourth-order valence-corrected chi connectivity index (χ4v) is 5.38. The zero-order valence-electron chi connectivity index (χ0n) is 24.7. The van der Waals surface area contributed by atoms with E-state index in [0.29, 0.717) is 39.3 Å². The van der Waals surface area contributed by atoms with Gasteiger partial charge >= 0.3 is 6.03 Å². The summed E-state index contributed by atoms with van der Waals surface area (Å²) in [7, 11) is 0.184. The third-order valence-electron chi connectivity index (χ3n) is 6.82. The van der Waals surface area contributed by atoms with Gasteiger partial charge in [-0.25, -0.2) is 9.78 Å². The number of urea groups is 1. The Labute approximate surface area is 253 Å². The van der Waals surface area contributed by atoms with Crippen molar-refractivity contribution in [3.05, 3.63) is 103 Å². The van der Waals surface area contributed by atoms with Crippen LogP contribution in [0, 0.1) is 0 Å². The van der Waals surface area contributed by atoms with Crippen LogP contribution in [0.3, 0.4) is 0 Å². The first-order valence-corrected chi connectivity index (χ1v) is 15.3. The second-order valence-corrected chi connectivity index (χ2v) is 12.3. The molecule has 0 aliphatic carbocycles. The van der Waals surface area contributed by atoms with Crippen molar-refractivity contribution < 1.29 is 18.5 Å². The number of pyridine rings is 1. The Balaban J connectivity index is 1.40. The molecule has 9 heteroatoms. The molecule has 0 spiro atoms. The molecule has 0 fully saturated rings. The van der Waals surface area contributed by atoms with Crippen molar-refractivity contribution in [1.82, 2.24) is 4.98 Å². The highest BCUT2D eigenvalue weighted by Crippen LogP contribution is 2.38. The second kappa shape index (κ2) is 12.5. The van der Waals surface area contributed by atoms with Gasteiger partial charge < -0.3 is 25.4 Å². The first-order chi connectivity index (χ1) is 20.6. The smallest absolute Gasteiger partial charge is 0.323 e. The van der Waals surface area contributed by atoms with Crippen molar-refractivity contribution in [3.8, 4) is 17.2 Å². The first-order valence-electron chi connectivity index (χ1n) is 13.7. The summed E-state index contributed by atoms with van der Waals surface area (Å²) in [6, 6.07) is 28.0. The number of hydrogen-bond acceptors (Lipinski definition) is 6. The van der Waals surface area contributed by atoms with Gasteiger partial charge in [-0.3, -0.25) is 4.21 Å². The molecule has 2 amide bonds. The number of para-hydroxylation sites is 1. The molecular formula is C34H34N4O4S. The van der Waals surface area contributed by atoms with Crippen LogP contribution in [0.2, 0.25) is 0 Å². The Hall–Kier alpha value is -4.89. The average Bonchev–Trinajstić information content (AvgIpc) is 2.98. The zero-order valence-corrected chi connectivity index (χ0v) is 25.5. The Morgan fingerprint density at radius 2 is 1.53 bits per heavy atom. The minimum absolute atomic E-state index is 0.230. The number of benzene rings is 4. The van der Waals surface area contributed by atoms with Crippen molar-refractivity contribution in [3.63, 3.8) is 0 Å². The van der Waals surface area contributed by atoms with Crippen molar-refractivity contribution in [2.45, 2.75) is 31.1 Å². The van der Waals surface area contributed by atoms with Gasteiger partial charge in [0.05, 0.1) is 34.2 Å². The maximum atomic E-state index is 13.3. The highest BCUT2D eigenvalue weighted by molar-refractivity contribution is 7.84. The van der Waals surface area contributed by atoms with Gasteiger partial charge in [-0.1, -0.05) is 63.2 Å². The van der Waals surface area contributed by atoms with Crippen LogP contribution in [-0.4, -0.2) is 28.6 Å². The van der Waals surface area contributed by atoms with Crippen molar-refractivity contribution in [2.75, 3.05) is 29.3 Å². The Kier molecular flexibility index (Phi) is 8.63. The van der Waals surface area contributed by atoms with E-state index in [2.05, 4.69) is 41.7 Å². The van der Waals surface area contributed by atoms with E-state index in [4.69, 9.17) is 9.47 Å². The molecule has 43 heavy (non-hydrogen) atoms. The number of aromatic nitrogens is 1. The fourth-order valence-electron chi connectivity index (χ4n) is 4.64. The molecule has 220 valence electrons. The lowest BCUT2D eigenvalue weighted by Gasteiger charge is -2.23. The molecule has 0 saturated heterocycles. The van der Waals surface area contributed by atoms with Crippen LogP contribution >= 0.6 is 0 Å². The lowest BCUT2D eigenvalue weighted by Crippen LogP contribution is -2.21. The molecule has 5 rings (SSSR count). The number of hydrogen-bond donors (Lipinski definition) is 3. The van der Waals surface area contributed by atoms with Crippen molar-refractivity contribution in [2.24, 2.45) is 0 Å². The van der Waals surface area contributed by atoms with Gasteiger partial charge in [0.15, 0.2) is 5.75 Å². The standard InChI is InChI=1S/C34H34N4O4S/c1-34(2,3)22-19-28(32(41-4)30(20-22)43(5)40)38-33(39)37-27-15-16-29(26-14-10-9-13-25(26)27)42-24-17-18-35-31(21-24)36-23-11-7-6-8-12-23/h6-21H,1-5H3,(H,35,36)(H2,37,38,39)/t43-/m0/s1. The molecule has 0 unspecified atom stereocenters. The lowest BCUT2D eigenvalue weighted by atomic mass is 9.86. The Morgan fingerprint density at radius 1 is 0.837 bits per heavy atom. The van der Waals surface area contributed by atoms with Crippen LogP contribution in [0.15, 0.2) is 102 Å². The number of amides is 2. The van der Waals surface area contributed by atoms with E-state index in [1.807, 2.05) is 78.9 Å². The number of carbonyl (C=O) groups is 1. The summed E-state index contributed by atoms with van der Waals surface area (Å²) >= 11 is 0. The fraction of sp³-hybridized carbons (Fsp3) is 0.176. The largest absolute Gasteiger partial charge is 0.493 e. The first kappa shape index (κ1) is 29.6. The molecule has 1 heterocycles. The van der Waals surface area contributed by atoms with E-state index in [1.165, 1.54) is 7.11 Å². The van der Waals surface area contributed by atoms with E-state index in [9.17, 15) is 9.00 Å². The molecular weight excluding hydrogens is 560 g/mol. The van der Waals surface area contributed by atoms with Gasteiger partial charge in [0.2, 0.25) is 0 Å². The number of ether oxygens (including phenoxy) is 2. The summed E-state index contributed by atoms with van der Waals surface area (Å²) in [4.78, 5) is 18.2. The number of fused-ring (bicyclic) bond motifs is 1. The molecule has 3 N–H and O–H groups in total. The van der Waals surface area contributed by atoms with Crippen LogP contribution in [-0.2, 0) is 16.2 Å². The summed E-state index contributed by atoms with van der Waals surface area (Å²) in [5, 5.41) is 10.8. The molecule has 8 nitrogen and oxygen atoms in total. The molecule has 5 aromatic rings. The maximum absolute atomic E-state index is 13.3. The minimum Gasteiger partial charge on any atom is -0.493 e. The van der Waals surface area contributed by atoms with Gasteiger partial charge in [-0.2, -0.15) is 0 Å². The van der Waals surface area contributed by atoms with Crippen LogP contribution in [0.1, 0.15) is 26.3 Å². The highest BCUT2D eigenvalue weighted by atomic mass is 32.2. The summed E-state index contributed by atoms with van der Waals surface area (Å²) in [6.07, 6.45) is 3.28. The molecule has 0 saturated carbocycles. The minimum atomic E-state index is -1.32. The molecule has 4 aromatic carbocycles. The van der Waals surface area contributed by atoms with Gasteiger partial charge in [-0.05, 0) is 53.4 Å². The van der Waals surface area contributed by atoms with E-state index in [-0.39, 0.29) is 5.41 Å². The van der Waals surface area contributed by atoms with Gasteiger partial charge in [0.25, 0.3) is 0 Å². The quantitative estimate of drug-likeness (QED) is 0.167. The van der Waals surface area contributed by atoms with Crippen molar-refractivity contribution in [1.29, 1.82) is 0 Å². The molecule has 1 aromatic heterocycles. The number of nitrogens with zero attached hydrogens (tertiary/aromatic N) is 1. The van der Waals surface area contributed by atoms with E-state index < -0.39 is 16.8 Å². The van der Waals surface area contributed by atoms with Crippen LogP contribution < -0.4 is 25.4 Å². The number of methoxy groups -OCH3 is 1. The SMILES string of the molecule is COc1c(NC(=O)Nc2ccc(Oc3ccnc(Nc4ccccc4)c3)c3ccccc23)cc(C(C)(C)C)cc1[S@](C)=O. The number of anilines is 4. The molecule has 1 atom stereocenters. The number of carbonyl (C=O) groups excluding carboxylic acids is 1. The monoisotopic (exact) mass is 594 g/mol. The molecule has 0 radical (unpaired) electrons. The van der Waals surface area contributed by atoms with Crippen LogP contribution in [0.4, 0.5) is 27.7 Å². The highest BCUT2D eigenvalue weighted by Gasteiger charge is 2.22. The summed E-state index contributed by atoms with van der Waals surface area (Å²) in [6.45, 7) is 6.18. The van der Waals surface area contributed by atoms with E-state index in [1.54, 1.807) is 24.6 Å². The normalized spacial score (nSPS) is 11.9. The average molecular weight is 595 g/mol. The Bertz CT molecular complexity index is 1800. The molecule has 0 aliphatic rings. The molecule has 0 bridgehead atoms. The van der Waals surface area contributed by atoms with E-state index in [0.717, 1.165) is 22.0 Å². The van der Waals surface area contributed by atoms with Crippen LogP contribution in [0.5, 0.6) is 17.2 Å². The second-order valence-electron chi connectivity index (χ2n) is 11.0. The van der Waals surface area contributed by atoms with Crippen LogP contribution in [0.25, 0.3) is 10.8 Å². The summed E-state index contributed by atoms with van der Waals surface area (Å²) in [5.74, 6) is 2.28. The zero-order chi connectivity index (χ0) is 30.6. The summed E-state index contributed by atoms with van der Waals surface area (Å²) in [5.41, 5.74) is 2.67. The van der Waals surface area contributed by atoms with Crippen molar-refractivity contribution >= 4 is 50.5 Å². The maximum Gasteiger partial charge on any atom is 0.323 e. The van der Waals surface area contributed by atoms with Gasteiger partial charge in [0.1, 0.15) is 17.3 Å². The number of nitrogens with one attached hydrogen (secondary N) is 3. The van der Waals surface area contributed by atoms with Gasteiger partial charge in [-0.15, -0.1) is 0 Å². The topological polar surface area (TPSA) is 102 Å². The predicted molar refractivity (Wildman–Crippen MR) is 175 cm³/mol. The number of rotatable bonds is 8. The van der Waals surface area contributed by atoms with Gasteiger partial charge in [0, 0.05) is 35.0 Å². The lowest BCUT2D eigenvalue weighted by molar-refractivity contribution is 0.262. The van der Waals surface area contributed by atoms with E-state index >= 15 is 0 Å². The summed E-state index contributed by atoms with van der Waals surface area (Å²) < 4.78 is 24.4.